The van der Waals surface area contributed by atoms with Crippen molar-refractivity contribution in [1.29, 1.82) is 0 Å². The second-order valence-electron chi connectivity index (χ2n) is 5.19. The van der Waals surface area contributed by atoms with Crippen LogP contribution in [0.15, 0.2) is 42.5 Å². The van der Waals surface area contributed by atoms with Gasteiger partial charge in [0.1, 0.15) is 11.3 Å². The molecule has 5 aromatic rings. The summed E-state index contributed by atoms with van der Waals surface area (Å²) in [7, 11) is 1.65. The monoisotopic (exact) mass is 289 g/mol. The predicted octanol–water partition coefficient (Wildman–Crippen LogP) is 2.92. The molecular formula is C16H11N5O. The third kappa shape index (κ3) is 1.26. The number of ether oxygens (including phenoxy) is 1. The Bertz CT molecular complexity index is 1170. The Hall–Kier alpha value is -3.15. The number of hydrogen-bond acceptors (Lipinski definition) is 4. The van der Waals surface area contributed by atoms with Gasteiger partial charge in [-0.25, -0.2) is 0 Å². The number of rotatable bonds is 1. The van der Waals surface area contributed by atoms with Gasteiger partial charge in [0.25, 0.3) is 0 Å². The van der Waals surface area contributed by atoms with Gasteiger partial charge in [0, 0.05) is 16.3 Å². The summed E-state index contributed by atoms with van der Waals surface area (Å²) in [6.07, 6.45) is 0. The molecule has 0 bridgehead atoms. The van der Waals surface area contributed by atoms with Crippen LogP contribution >= 0.6 is 0 Å². The summed E-state index contributed by atoms with van der Waals surface area (Å²) in [5.41, 5.74) is 3.68. The minimum atomic E-state index is 0.726. The summed E-state index contributed by atoms with van der Waals surface area (Å²) in [4.78, 5) is 3.49. The van der Waals surface area contributed by atoms with E-state index in [1.165, 1.54) is 0 Å². The van der Waals surface area contributed by atoms with Gasteiger partial charge in [0.2, 0.25) is 0 Å². The standard InChI is InChI=1S/C16H11N5O/c1-22-12-8-4-6-10-14-13(9-5-2-3-7-11(9)17-14)16-18-19-20-21(16)15(10)12/h2-8,17H,1H3. The molecule has 0 aliphatic rings. The zero-order chi connectivity index (χ0) is 14.7. The van der Waals surface area contributed by atoms with Crippen molar-refractivity contribution in [3.8, 4) is 5.75 Å². The van der Waals surface area contributed by atoms with E-state index in [1.807, 2.05) is 24.3 Å². The fourth-order valence-corrected chi connectivity index (χ4v) is 3.18. The molecule has 0 saturated carbocycles. The first-order valence-electron chi connectivity index (χ1n) is 6.95. The maximum absolute atomic E-state index is 5.50. The van der Waals surface area contributed by atoms with Gasteiger partial charge in [-0.15, -0.1) is 5.10 Å². The van der Waals surface area contributed by atoms with Gasteiger partial charge in [-0.3, -0.25) is 0 Å². The average Bonchev–Trinajstić information content (AvgIpc) is 3.18. The highest BCUT2D eigenvalue weighted by Gasteiger charge is 2.17. The Kier molecular flexibility index (Phi) is 2.06. The molecule has 3 aromatic heterocycles. The van der Waals surface area contributed by atoms with Crippen LogP contribution in [0, 0.1) is 0 Å². The molecule has 0 saturated heterocycles. The highest BCUT2D eigenvalue weighted by atomic mass is 16.5. The maximum Gasteiger partial charge on any atom is 0.190 e. The number of nitrogens with one attached hydrogen (secondary N) is 1. The van der Waals surface area contributed by atoms with Crippen molar-refractivity contribution in [1.82, 2.24) is 25.0 Å². The number of methoxy groups -OCH3 is 1. The molecule has 0 spiro atoms. The highest BCUT2D eigenvalue weighted by Crippen LogP contribution is 2.36. The summed E-state index contributed by atoms with van der Waals surface area (Å²) < 4.78 is 7.24. The quantitative estimate of drug-likeness (QED) is 0.515. The Morgan fingerprint density at radius 2 is 1.91 bits per heavy atom. The van der Waals surface area contributed by atoms with Crippen LogP contribution in [0.3, 0.4) is 0 Å². The van der Waals surface area contributed by atoms with Crippen LogP contribution in [-0.4, -0.2) is 32.1 Å². The third-order valence-electron chi connectivity index (χ3n) is 4.10. The summed E-state index contributed by atoms with van der Waals surface area (Å²) in [5, 5.41) is 15.4. The molecule has 22 heavy (non-hydrogen) atoms. The molecule has 6 heteroatoms. The molecule has 6 nitrogen and oxygen atoms in total. The zero-order valence-electron chi connectivity index (χ0n) is 11.7. The van der Waals surface area contributed by atoms with E-state index in [0.29, 0.717) is 0 Å². The SMILES string of the molecule is COc1cccc2c3[nH]c4ccccc4c3c3nnnn3c12. The van der Waals surface area contributed by atoms with Crippen LogP contribution in [0.1, 0.15) is 0 Å². The van der Waals surface area contributed by atoms with Gasteiger partial charge in [-0.1, -0.05) is 30.3 Å². The largest absolute Gasteiger partial charge is 0.494 e. The van der Waals surface area contributed by atoms with Crippen molar-refractivity contribution >= 4 is 38.4 Å². The average molecular weight is 289 g/mol. The van der Waals surface area contributed by atoms with Crippen LogP contribution in [0.4, 0.5) is 0 Å². The number of pyridine rings is 1. The number of aromatic amines is 1. The lowest BCUT2D eigenvalue weighted by Gasteiger charge is -2.07. The third-order valence-corrected chi connectivity index (χ3v) is 4.10. The number of hydrogen-bond donors (Lipinski definition) is 1. The van der Waals surface area contributed by atoms with Crippen molar-refractivity contribution in [2.75, 3.05) is 7.11 Å². The Labute approximate surface area is 124 Å². The predicted molar refractivity (Wildman–Crippen MR) is 84.2 cm³/mol. The Morgan fingerprint density at radius 3 is 2.82 bits per heavy atom. The van der Waals surface area contributed by atoms with Gasteiger partial charge >= 0.3 is 0 Å². The van der Waals surface area contributed by atoms with E-state index in [0.717, 1.165) is 44.1 Å². The lowest BCUT2D eigenvalue weighted by atomic mass is 10.1. The van der Waals surface area contributed by atoms with Crippen molar-refractivity contribution in [2.45, 2.75) is 0 Å². The zero-order valence-corrected chi connectivity index (χ0v) is 11.7. The van der Waals surface area contributed by atoms with Crippen molar-refractivity contribution in [3.05, 3.63) is 42.5 Å². The first-order valence-corrected chi connectivity index (χ1v) is 6.95. The molecule has 0 amide bonds. The molecule has 0 atom stereocenters. The van der Waals surface area contributed by atoms with Gasteiger partial charge in [-0.2, -0.15) is 4.52 Å². The van der Waals surface area contributed by atoms with E-state index in [-0.39, 0.29) is 0 Å². The van der Waals surface area contributed by atoms with Gasteiger partial charge in [0.15, 0.2) is 5.65 Å². The van der Waals surface area contributed by atoms with E-state index in [9.17, 15) is 0 Å². The number of tetrazole rings is 1. The lowest BCUT2D eigenvalue weighted by Crippen LogP contribution is -1.96. The van der Waals surface area contributed by atoms with Crippen LogP contribution in [0.25, 0.3) is 38.4 Å². The van der Waals surface area contributed by atoms with E-state index in [2.05, 4.69) is 38.7 Å². The van der Waals surface area contributed by atoms with Crippen LogP contribution in [0.2, 0.25) is 0 Å². The number of fused-ring (bicyclic) bond motifs is 8. The van der Waals surface area contributed by atoms with Gasteiger partial charge < -0.3 is 9.72 Å². The Balaban J connectivity index is 2.21. The molecule has 106 valence electrons. The lowest BCUT2D eigenvalue weighted by molar-refractivity contribution is 0.418. The number of H-pyrrole nitrogens is 1. The number of aromatic nitrogens is 5. The van der Waals surface area contributed by atoms with Gasteiger partial charge in [-0.05, 0) is 22.6 Å². The molecule has 0 aliphatic carbocycles. The number of nitrogens with zero attached hydrogens (tertiary/aromatic N) is 4. The molecule has 0 fully saturated rings. The molecule has 0 unspecified atom stereocenters. The van der Waals surface area contributed by atoms with E-state index in [4.69, 9.17) is 4.74 Å². The molecule has 0 radical (unpaired) electrons. The molecule has 5 rings (SSSR count). The van der Waals surface area contributed by atoms with Gasteiger partial charge in [0.05, 0.1) is 18.0 Å². The van der Waals surface area contributed by atoms with Crippen molar-refractivity contribution in [3.63, 3.8) is 0 Å². The van der Waals surface area contributed by atoms with Crippen LogP contribution < -0.4 is 4.74 Å². The summed E-state index contributed by atoms with van der Waals surface area (Å²) in [6, 6.07) is 14.1. The van der Waals surface area contributed by atoms with Crippen LogP contribution in [-0.2, 0) is 0 Å². The fourth-order valence-electron chi connectivity index (χ4n) is 3.18. The van der Waals surface area contributed by atoms with Crippen LogP contribution in [0.5, 0.6) is 5.75 Å². The molecule has 0 aliphatic heterocycles. The summed E-state index contributed by atoms with van der Waals surface area (Å²) in [6.45, 7) is 0. The first-order chi connectivity index (χ1) is 10.9. The number of para-hydroxylation sites is 2. The minimum Gasteiger partial charge on any atom is -0.494 e. The Morgan fingerprint density at radius 1 is 1.05 bits per heavy atom. The first kappa shape index (κ1) is 11.5. The van der Waals surface area contributed by atoms with E-state index < -0.39 is 0 Å². The fraction of sp³-hybridized carbons (Fsp3) is 0.0625. The van der Waals surface area contributed by atoms with E-state index >= 15 is 0 Å². The second-order valence-corrected chi connectivity index (χ2v) is 5.19. The molecule has 2 aromatic carbocycles. The normalized spacial score (nSPS) is 11.9. The molecule has 3 heterocycles. The van der Waals surface area contributed by atoms with Crippen molar-refractivity contribution in [2.24, 2.45) is 0 Å². The summed E-state index contributed by atoms with van der Waals surface area (Å²) >= 11 is 0. The second kappa shape index (κ2) is 3.94. The maximum atomic E-state index is 5.50. The van der Waals surface area contributed by atoms with Crippen molar-refractivity contribution < 1.29 is 4.74 Å². The number of benzene rings is 2. The van der Waals surface area contributed by atoms with E-state index in [1.54, 1.807) is 11.6 Å². The molecular weight excluding hydrogens is 278 g/mol. The topological polar surface area (TPSA) is 68.1 Å². The smallest absolute Gasteiger partial charge is 0.190 e. The summed E-state index contributed by atoms with van der Waals surface area (Å²) in [5.74, 6) is 0.746. The minimum absolute atomic E-state index is 0.726. The highest BCUT2D eigenvalue weighted by molar-refractivity contribution is 6.22. The molecule has 1 N–H and O–H groups in total.